The summed E-state index contributed by atoms with van der Waals surface area (Å²) in [6.45, 7) is 2.67. The number of nitrogens with zero attached hydrogens (tertiary/aromatic N) is 1. The number of rotatable bonds is 3. The van der Waals surface area contributed by atoms with Crippen LogP contribution in [0.4, 0.5) is 10.1 Å². The summed E-state index contributed by atoms with van der Waals surface area (Å²) in [4.78, 5) is 1.64. The third-order valence-corrected chi connectivity index (χ3v) is 1.88. The van der Waals surface area contributed by atoms with Crippen molar-refractivity contribution in [1.82, 2.24) is 0 Å². The highest BCUT2D eigenvalue weighted by molar-refractivity contribution is 5.92. The van der Waals surface area contributed by atoms with Crippen LogP contribution >= 0.6 is 0 Å². The highest BCUT2D eigenvalue weighted by Gasteiger charge is 2.07. The first-order chi connectivity index (χ1) is 6.65. The van der Waals surface area contributed by atoms with E-state index in [1.54, 1.807) is 17.0 Å². The first-order valence-corrected chi connectivity index (χ1v) is 4.52. The van der Waals surface area contributed by atoms with Crippen molar-refractivity contribution in [2.75, 3.05) is 11.4 Å². The Hall–Kier alpha value is -1.58. The smallest absolute Gasteiger partial charge is 0.192 e. The second kappa shape index (κ2) is 4.60. The Bertz CT molecular complexity index is 308. The van der Waals surface area contributed by atoms with Crippen LogP contribution in [0.5, 0.6) is 0 Å². The summed E-state index contributed by atoms with van der Waals surface area (Å²) in [5.74, 6) is -0.299. The van der Waals surface area contributed by atoms with Crippen molar-refractivity contribution in [1.29, 1.82) is 5.41 Å². The number of halogens is 1. The van der Waals surface area contributed by atoms with Gasteiger partial charge < -0.3 is 10.6 Å². The molecule has 0 atom stereocenters. The third kappa shape index (κ3) is 2.45. The van der Waals surface area contributed by atoms with Crippen LogP contribution in [-0.2, 0) is 0 Å². The number of guanidine groups is 1. The summed E-state index contributed by atoms with van der Waals surface area (Å²) < 4.78 is 12.6. The van der Waals surface area contributed by atoms with Crippen molar-refractivity contribution < 1.29 is 4.39 Å². The van der Waals surface area contributed by atoms with Gasteiger partial charge in [0.2, 0.25) is 0 Å². The fourth-order valence-electron chi connectivity index (χ4n) is 1.23. The maximum Gasteiger partial charge on any atom is 0.192 e. The minimum atomic E-state index is -0.284. The van der Waals surface area contributed by atoms with Crippen LogP contribution in [-0.4, -0.2) is 12.5 Å². The van der Waals surface area contributed by atoms with Crippen molar-refractivity contribution in [2.24, 2.45) is 5.73 Å². The van der Waals surface area contributed by atoms with Gasteiger partial charge in [-0.05, 0) is 30.7 Å². The Labute approximate surface area is 82.8 Å². The maximum atomic E-state index is 12.6. The van der Waals surface area contributed by atoms with Gasteiger partial charge in [-0.3, -0.25) is 5.41 Å². The molecule has 0 saturated carbocycles. The second-order valence-corrected chi connectivity index (χ2v) is 3.01. The molecule has 0 fully saturated rings. The second-order valence-electron chi connectivity index (χ2n) is 3.01. The van der Waals surface area contributed by atoms with Gasteiger partial charge in [0.25, 0.3) is 0 Å². The highest BCUT2D eigenvalue weighted by Crippen LogP contribution is 2.14. The number of hydrogen-bond acceptors (Lipinski definition) is 1. The van der Waals surface area contributed by atoms with Gasteiger partial charge in [-0.15, -0.1) is 0 Å². The Balaban J connectivity index is 2.87. The van der Waals surface area contributed by atoms with E-state index in [1.165, 1.54) is 12.1 Å². The van der Waals surface area contributed by atoms with E-state index in [-0.39, 0.29) is 11.8 Å². The van der Waals surface area contributed by atoms with Crippen LogP contribution < -0.4 is 10.6 Å². The molecule has 76 valence electrons. The van der Waals surface area contributed by atoms with Gasteiger partial charge in [0.15, 0.2) is 5.96 Å². The topological polar surface area (TPSA) is 53.1 Å². The molecule has 1 aromatic rings. The van der Waals surface area contributed by atoms with E-state index in [0.29, 0.717) is 6.54 Å². The standard InChI is InChI=1S/C10H14FN3/c1-2-7-14(10(12)13)9-5-3-8(11)4-6-9/h3-6H,2,7H2,1H3,(H3,12,13). The number of nitrogens with one attached hydrogen (secondary N) is 1. The molecule has 1 aromatic carbocycles. The summed E-state index contributed by atoms with van der Waals surface area (Å²) >= 11 is 0. The van der Waals surface area contributed by atoms with Crippen LogP contribution in [0.15, 0.2) is 24.3 Å². The predicted molar refractivity (Wildman–Crippen MR) is 56.0 cm³/mol. The Kier molecular flexibility index (Phi) is 3.45. The largest absolute Gasteiger partial charge is 0.370 e. The molecule has 0 aliphatic carbocycles. The summed E-state index contributed by atoms with van der Waals surface area (Å²) in [6, 6.07) is 5.96. The van der Waals surface area contributed by atoms with Gasteiger partial charge in [0.05, 0.1) is 0 Å². The zero-order chi connectivity index (χ0) is 10.6. The van der Waals surface area contributed by atoms with E-state index in [2.05, 4.69) is 0 Å². The quantitative estimate of drug-likeness (QED) is 0.572. The molecule has 0 aliphatic heterocycles. The molecule has 0 bridgehead atoms. The molecule has 4 heteroatoms. The van der Waals surface area contributed by atoms with Gasteiger partial charge in [-0.1, -0.05) is 6.92 Å². The van der Waals surface area contributed by atoms with Gasteiger partial charge >= 0.3 is 0 Å². The Morgan fingerprint density at radius 2 is 2.00 bits per heavy atom. The number of benzene rings is 1. The molecule has 0 heterocycles. The van der Waals surface area contributed by atoms with E-state index in [0.717, 1.165) is 12.1 Å². The molecule has 0 radical (unpaired) electrons. The zero-order valence-corrected chi connectivity index (χ0v) is 8.13. The van der Waals surface area contributed by atoms with Gasteiger partial charge in [-0.2, -0.15) is 0 Å². The average molecular weight is 195 g/mol. The molecule has 0 amide bonds. The van der Waals surface area contributed by atoms with Gasteiger partial charge in [0.1, 0.15) is 5.82 Å². The van der Waals surface area contributed by atoms with E-state index < -0.39 is 0 Å². The van der Waals surface area contributed by atoms with Crippen molar-refractivity contribution in [3.63, 3.8) is 0 Å². The van der Waals surface area contributed by atoms with Crippen molar-refractivity contribution in [3.05, 3.63) is 30.1 Å². The third-order valence-electron chi connectivity index (χ3n) is 1.88. The normalized spacial score (nSPS) is 9.86. The lowest BCUT2D eigenvalue weighted by Crippen LogP contribution is -2.36. The minimum Gasteiger partial charge on any atom is -0.370 e. The molecular formula is C10H14FN3. The van der Waals surface area contributed by atoms with E-state index in [9.17, 15) is 4.39 Å². The summed E-state index contributed by atoms with van der Waals surface area (Å²) in [5, 5.41) is 7.36. The SMILES string of the molecule is CCCN(C(=N)N)c1ccc(F)cc1. The first kappa shape index (κ1) is 10.5. The summed E-state index contributed by atoms with van der Waals surface area (Å²) in [7, 11) is 0. The molecular weight excluding hydrogens is 181 g/mol. The van der Waals surface area contributed by atoms with E-state index in [1.807, 2.05) is 6.92 Å². The monoisotopic (exact) mass is 195 g/mol. The van der Waals surface area contributed by atoms with Crippen LogP contribution in [0.3, 0.4) is 0 Å². The van der Waals surface area contributed by atoms with E-state index >= 15 is 0 Å². The molecule has 0 aromatic heterocycles. The van der Waals surface area contributed by atoms with Gasteiger partial charge in [0, 0.05) is 12.2 Å². The number of nitrogens with two attached hydrogens (primary N) is 1. The van der Waals surface area contributed by atoms with Crippen LogP contribution in [0, 0.1) is 11.2 Å². The van der Waals surface area contributed by atoms with Crippen LogP contribution in [0.1, 0.15) is 13.3 Å². The fourth-order valence-corrected chi connectivity index (χ4v) is 1.23. The Morgan fingerprint density at radius 3 is 2.43 bits per heavy atom. The minimum absolute atomic E-state index is 0.0153. The lowest BCUT2D eigenvalue weighted by atomic mass is 10.2. The lowest BCUT2D eigenvalue weighted by molar-refractivity contribution is 0.627. The molecule has 0 aliphatic rings. The highest BCUT2D eigenvalue weighted by atomic mass is 19.1. The average Bonchev–Trinajstić information content (AvgIpc) is 2.15. The zero-order valence-electron chi connectivity index (χ0n) is 8.13. The molecule has 14 heavy (non-hydrogen) atoms. The van der Waals surface area contributed by atoms with Crippen molar-refractivity contribution in [3.8, 4) is 0 Å². The number of hydrogen-bond donors (Lipinski definition) is 2. The summed E-state index contributed by atoms with van der Waals surface area (Å²) in [5.41, 5.74) is 6.16. The van der Waals surface area contributed by atoms with Crippen LogP contribution in [0.2, 0.25) is 0 Å². The molecule has 0 spiro atoms. The first-order valence-electron chi connectivity index (χ1n) is 4.52. The molecule has 0 unspecified atom stereocenters. The van der Waals surface area contributed by atoms with Crippen LogP contribution in [0.25, 0.3) is 0 Å². The van der Waals surface area contributed by atoms with Crippen molar-refractivity contribution in [2.45, 2.75) is 13.3 Å². The predicted octanol–water partition coefficient (Wildman–Crippen LogP) is 1.94. The number of anilines is 1. The van der Waals surface area contributed by atoms with Gasteiger partial charge in [-0.25, -0.2) is 4.39 Å². The summed E-state index contributed by atoms with van der Waals surface area (Å²) in [6.07, 6.45) is 0.886. The Morgan fingerprint density at radius 1 is 1.43 bits per heavy atom. The fraction of sp³-hybridized carbons (Fsp3) is 0.300. The molecule has 1 rings (SSSR count). The molecule has 0 saturated heterocycles. The van der Waals surface area contributed by atoms with Crippen molar-refractivity contribution >= 4 is 11.6 Å². The molecule has 3 nitrogen and oxygen atoms in total. The van der Waals surface area contributed by atoms with E-state index in [4.69, 9.17) is 11.1 Å². The molecule has 3 N–H and O–H groups in total. The lowest BCUT2D eigenvalue weighted by Gasteiger charge is -2.21. The maximum absolute atomic E-state index is 12.6.